The highest BCUT2D eigenvalue weighted by molar-refractivity contribution is 7.71. The van der Waals surface area contributed by atoms with E-state index in [1.54, 1.807) is 10.8 Å². The zero-order valence-corrected chi connectivity index (χ0v) is 15.5. The Hall–Kier alpha value is -3.32. The average Bonchev–Trinajstić information content (AvgIpc) is 3.02. The number of nitrogens with zero attached hydrogens (tertiary/aromatic N) is 3. The molecule has 0 aliphatic rings. The van der Waals surface area contributed by atoms with Crippen molar-refractivity contribution in [1.29, 1.82) is 0 Å². The molecule has 2 N–H and O–H groups in total. The molecule has 27 heavy (non-hydrogen) atoms. The summed E-state index contributed by atoms with van der Waals surface area (Å²) in [6.45, 7) is 2.07. The van der Waals surface area contributed by atoms with Crippen molar-refractivity contribution >= 4 is 34.7 Å². The van der Waals surface area contributed by atoms with Gasteiger partial charge < -0.3 is 5.32 Å². The summed E-state index contributed by atoms with van der Waals surface area (Å²) in [5.74, 6) is 0.439. The number of anilines is 1. The van der Waals surface area contributed by atoms with Crippen LogP contribution in [0.25, 0.3) is 22.3 Å². The van der Waals surface area contributed by atoms with Crippen molar-refractivity contribution in [2.75, 3.05) is 5.32 Å². The Morgan fingerprint density at radius 3 is 2.85 bits per heavy atom. The van der Waals surface area contributed by atoms with Crippen LogP contribution in [0, 0.1) is 11.7 Å². The highest BCUT2D eigenvalue weighted by Gasteiger charge is 2.13. The van der Waals surface area contributed by atoms with Crippen molar-refractivity contribution in [1.82, 2.24) is 19.7 Å². The number of H-pyrrole nitrogens is 1. The summed E-state index contributed by atoms with van der Waals surface area (Å²) in [4.78, 5) is 17.0. The lowest BCUT2D eigenvalue weighted by Crippen LogP contribution is -2.19. The van der Waals surface area contributed by atoms with Gasteiger partial charge in [0.2, 0.25) is 5.91 Å². The lowest BCUT2D eigenvalue weighted by Gasteiger charge is -2.10. The van der Waals surface area contributed by atoms with Gasteiger partial charge in [-0.15, -0.1) is 0 Å². The van der Waals surface area contributed by atoms with Crippen LogP contribution in [-0.4, -0.2) is 25.7 Å². The van der Waals surface area contributed by atoms with Crippen LogP contribution in [0.1, 0.15) is 5.56 Å². The third-order valence-electron chi connectivity index (χ3n) is 4.24. The van der Waals surface area contributed by atoms with Crippen LogP contribution in [0.3, 0.4) is 0 Å². The number of aryl methyl sites for hydroxylation is 1. The molecule has 0 aliphatic heterocycles. The molecule has 0 bridgehead atoms. The number of amides is 1. The van der Waals surface area contributed by atoms with E-state index in [9.17, 15) is 4.79 Å². The second-order valence-corrected chi connectivity index (χ2v) is 6.62. The van der Waals surface area contributed by atoms with Crippen LogP contribution >= 0.6 is 12.2 Å². The first-order valence-electron chi connectivity index (χ1n) is 8.47. The Morgan fingerprint density at radius 2 is 2.00 bits per heavy atom. The van der Waals surface area contributed by atoms with E-state index in [2.05, 4.69) is 20.5 Å². The molecule has 2 aromatic carbocycles. The molecule has 0 atom stereocenters. The van der Waals surface area contributed by atoms with Crippen LogP contribution in [0.15, 0.2) is 60.8 Å². The SMILES string of the molecule is Cc1cccc(-c2n[nH]c(=S)n2CC(=O)Nc2cccc3cccnc23)c1. The minimum absolute atomic E-state index is 0.0574. The second kappa shape index (κ2) is 7.13. The van der Waals surface area contributed by atoms with Gasteiger partial charge in [-0.1, -0.05) is 42.0 Å². The molecule has 4 aromatic rings. The first kappa shape index (κ1) is 17.1. The maximum absolute atomic E-state index is 12.7. The van der Waals surface area contributed by atoms with Gasteiger partial charge in [-0.3, -0.25) is 19.4 Å². The molecule has 7 heteroatoms. The van der Waals surface area contributed by atoms with E-state index < -0.39 is 0 Å². The predicted molar refractivity (Wildman–Crippen MR) is 108 cm³/mol. The van der Waals surface area contributed by atoms with E-state index in [0.29, 0.717) is 16.3 Å². The van der Waals surface area contributed by atoms with E-state index >= 15 is 0 Å². The number of para-hydroxylation sites is 1. The van der Waals surface area contributed by atoms with Crippen molar-refractivity contribution in [3.05, 3.63) is 71.1 Å². The first-order chi connectivity index (χ1) is 13.1. The number of fused-ring (bicyclic) bond motifs is 1. The standard InChI is InChI=1S/C20H17N5OS/c1-13-5-2-7-15(11-13)19-23-24-20(27)25(19)12-17(26)22-16-9-3-6-14-8-4-10-21-18(14)16/h2-11H,12H2,1H3,(H,22,26)(H,24,27). The topological polar surface area (TPSA) is 75.6 Å². The third-order valence-corrected chi connectivity index (χ3v) is 4.55. The summed E-state index contributed by atoms with van der Waals surface area (Å²) >= 11 is 5.32. The minimum Gasteiger partial charge on any atom is -0.323 e. The molecular formula is C20H17N5OS. The molecule has 0 saturated heterocycles. The largest absolute Gasteiger partial charge is 0.323 e. The Bertz CT molecular complexity index is 1190. The van der Waals surface area contributed by atoms with Crippen molar-refractivity contribution in [2.24, 2.45) is 0 Å². The van der Waals surface area contributed by atoms with Crippen LogP contribution in [0.5, 0.6) is 0 Å². The number of aromatic nitrogens is 4. The quantitative estimate of drug-likeness (QED) is 0.527. The van der Waals surface area contributed by atoms with E-state index in [-0.39, 0.29) is 12.5 Å². The maximum atomic E-state index is 12.7. The Labute approximate surface area is 160 Å². The summed E-state index contributed by atoms with van der Waals surface area (Å²) < 4.78 is 2.09. The molecule has 2 heterocycles. The normalized spacial score (nSPS) is 10.9. The second-order valence-electron chi connectivity index (χ2n) is 6.24. The molecule has 0 saturated carbocycles. The summed E-state index contributed by atoms with van der Waals surface area (Å²) in [5.41, 5.74) is 3.44. The van der Waals surface area contributed by atoms with E-state index in [1.807, 2.05) is 61.5 Å². The van der Waals surface area contributed by atoms with Gasteiger partial charge in [0.05, 0.1) is 11.2 Å². The van der Waals surface area contributed by atoms with Crippen molar-refractivity contribution in [2.45, 2.75) is 13.5 Å². The molecule has 134 valence electrons. The lowest BCUT2D eigenvalue weighted by atomic mass is 10.1. The molecular weight excluding hydrogens is 358 g/mol. The van der Waals surface area contributed by atoms with Crippen LogP contribution in [0.4, 0.5) is 5.69 Å². The number of nitrogens with one attached hydrogen (secondary N) is 2. The zero-order valence-electron chi connectivity index (χ0n) is 14.6. The molecule has 0 unspecified atom stereocenters. The average molecular weight is 375 g/mol. The zero-order chi connectivity index (χ0) is 18.8. The molecule has 2 aromatic heterocycles. The molecule has 0 fully saturated rings. The third kappa shape index (κ3) is 3.50. The van der Waals surface area contributed by atoms with Gasteiger partial charge in [-0.05, 0) is 37.3 Å². The van der Waals surface area contributed by atoms with Gasteiger partial charge >= 0.3 is 0 Å². The smallest absolute Gasteiger partial charge is 0.244 e. The number of rotatable bonds is 4. The van der Waals surface area contributed by atoms with Gasteiger partial charge in [0.25, 0.3) is 0 Å². The van der Waals surface area contributed by atoms with Crippen LogP contribution in [0.2, 0.25) is 0 Å². The number of carbonyl (C=O) groups is 1. The van der Waals surface area contributed by atoms with Gasteiger partial charge in [0.1, 0.15) is 6.54 Å². The van der Waals surface area contributed by atoms with E-state index in [0.717, 1.165) is 22.0 Å². The van der Waals surface area contributed by atoms with Gasteiger partial charge in [-0.2, -0.15) is 5.10 Å². The molecule has 0 aliphatic carbocycles. The Kier molecular flexibility index (Phi) is 4.52. The number of aromatic amines is 1. The maximum Gasteiger partial charge on any atom is 0.244 e. The fourth-order valence-corrected chi connectivity index (χ4v) is 3.20. The Morgan fingerprint density at radius 1 is 1.19 bits per heavy atom. The monoisotopic (exact) mass is 375 g/mol. The molecule has 1 amide bonds. The summed E-state index contributed by atoms with van der Waals surface area (Å²) in [5, 5.41) is 11.0. The molecule has 0 spiro atoms. The van der Waals surface area contributed by atoms with Gasteiger partial charge in [-0.25, -0.2) is 0 Å². The summed E-state index contributed by atoms with van der Waals surface area (Å²) in [7, 11) is 0. The van der Waals surface area contributed by atoms with Crippen molar-refractivity contribution in [3.8, 4) is 11.4 Å². The number of carbonyl (C=O) groups excluding carboxylic acids is 1. The fraction of sp³-hybridized carbons (Fsp3) is 0.100. The number of hydrogen-bond acceptors (Lipinski definition) is 4. The number of pyridine rings is 1. The van der Waals surface area contributed by atoms with Crippen molar-refractivity contribution < 1.29 is 4.79 Å². The molecule has 6 nitrogen and oxygen atoms in total. The lowest BCUT2D eigenvalue weighted by molar-refractivity contribution is -0.116. The minimum atomic E-state index is -0.195. The summed E-state index contributed by atoms with van der Waals surface area (Å²) in [6.07, 6.45) is 1.71. The Balaban J connectivity index is 1.62. The highest BCUT2D eigenvalue weighted by Crippen LogP contribution is 2.22. The van der Waals surface area contributed by atoms with Gasteiger partial charge in [0, 0.05) is 17.1 Å². The number of benzene rings is 2. The predicted octanol–water partition coefficient (Wildman–Crippen LogP) is 4.10. The van der Waals surface area contributed by atoms with Gasteiger partial charge in [0.15, 0.2) is 10.6 Å². The van der Waals surface area contributed by atoms with Crippen molar-refractivity contribution in [3.63, 3.8) is 0 Å². The molecule has 4 rings (SSSR count). The summed E-state index contributed by atoms with van der Waals surface area (Å²) in [6, 6.07) is 17.4. The number of hydrogen-bond donors (Lipinski definition) is 2. The van der Waals surface area contributed by atoms with E-state index in [4.69, 9.17) is 12.2 Å². The van der Waals surface area contributed by atoms with E-state index in [1.165, 1.54) is 0 Å². The van der Waals surface area contributed by atoms with Crippen LogP contribution in [-0.2, 0) is 11.3 Å². The highest BCUT2D eigenvalue weighted by atomic mass is 32.1. The fourth-order valence-electron chi connectivity index (χ4n) is 3.01. The molecule has 0 radical (unpaired) electrons. The van der Waals surface area contributed by atoms with Crippen LogP contribution < -0.4 is 5.32 Å². The first-order valence-corrected chi connectivity index (χ1v) is 8.88.